The van der Waals surface area contributed by atoms with Crippen LogP contribution in [0.15, 0.2) is 24.3 Å². The Balaban J connectivity index is 2.73. The third-order valence-corrected chi connectivity index (χ3v) is 3.46. The lowest BCUT2D eigenvalue weighted by atomic mass is 10.0. The molecule has 0 spiro atoms. The molecule has 0 fully saturated rings. The molecule has 0 aliphatic heterocycles. The highest BCUT2D eigenvalue weighted by Crippen LogP contribution is 2.21. The predicted octanol–water partition coefficient (Wildman–Crippen LogP) is 2.76. The number of ether oxygens (including phenoxy) is 1. The molecule has 22 heavy (non-hydrogen) atoms. The van der Waals surface area contributed by atoms with E-state index in [2.05, 4.69) is 10.1 Å². The molecule has 1 aromatic rings. The van der Waals surface area contributed by atoms with E-state index in [4.69, 9.17) is 5.11 Å². The van der Waals surface area contributed by atoms with Crippen LogP contribution in [0.1, 0.15) is 31.9 Å². The van der Waals surface area contributed by atoms with Gasteiger partial charge in [-0.1, -0.05) is 19.1 Å². The molecule has 0 aliphatic rings. The fraction of sp³-hybridized carbons (Fsp3) is 0.533. The summed E-state index contributed by atoms with van der Waals surface area (Å²) in [7, 11) is 1.60. The van der Waals surface area contributed by atoms with Gasteiger partial charge in [0.05, 0.1) is 18.7 Å². The first-order valence-electron chi connectivity index (χ1n) is 7.08. The molecule has 0 heterocycles. The fourth-order valence-corrected chi connectivity index (χ4v) is 1.88. The minimum atomic E-state index is -2.86. The number of aliphatic hydroxyl groups excluding tert-OH is 1. The van der Waals surface area contributed by atoms with E-state index in [-0.39, 0.29) is 30.5 Å². The van der Waals surface area contributed by atoms with Crippen LogP contribution < -0.4 is 10.1 Å². The second kappa shape index (κ2) is 8.53. The summed E-state index contributed by atoms with van der Waals surface area (Å²) in [6, 6.07) is 5.32. The summed E-state index contributed by atoms with van der Waals surface area (Å²) < 4.78 is 28.5. The molecule has 124 valence electrons. The van der Waals surface area contributed by atoms with Gasteiger partial charge in [-0.2, -0.15) is 8.78 Å². The number of carbonyl (C=O) groups is 1. The number of aliphatic hydroxyl groups is 1. The molecular formula is C15H22F2N2O3. The normalized spacial score (nSPS) is 13.6. The van der Waals surface area contributed by atoms with Gasteiger partial charge in [0.1, 0.15) is 5.75 Å². The predicted molar refractivity (Wildman–Crippen MR) is 78.9 cm³/mol. The maximum absolute atomic E-state index is 12.1. The molecule has 0 bridgehead atoms. The van der Waals surface area contributed by atoms with Gasteiger partial charge in [-0.3, -0.25) is 0 Å². The number of halogens is 2. The molecule has 2 amide bonds. The Morgan fingerprint density at radius 2 is 1.95 bits per heavy atom. The highest BCUT2D eigenvalue weighted by molar-refractivity contribution is 5.74. The summed E-state index contributed by atoms with van der Waals surface area (Å²) in [5.41, 5.74) is 0.794. The van der Waals surface area contributed by atoms with E-state index in [1.807, 2.05) is 6.92 Å². The minimum Gasteiger partial charge on any atom is -0.435 e. The molecule has 1 aromatic carbocycles. The summed E-state index contributed by atoms with van der Waals surface area (Å²) in [5.74, 6) is 0.0750. The van der Waals surface area contributed by atoms with Gasteiger partial charge in [0.15, 0.2) is 0 Å². The maximum Gasteiger partial charge on any atom is 0.387 e. The Labute approximate surface area is 128 Å². The summed E-state index contributed by atoms with van der Waals surface area (Å²) in [6.45, 7) is 0.655. The van der Waals surface area contributed by atoms with E-state index < -0.39 is 6.61 Å². The lowest BCUT2D eigenvalue weighted by Gasteiger charge is -2.26. The first-order chi connectivity index (χ1) is 10.4. The van der Waals surface area contributed by atoms with Gasteiger partial charge in [-0.25, -0.2) is 4.79 Å². The van der Waals surface area contributed by atoms with E-state index in [1.165, 1.54) is 17.0 Å². The Bertz CT molecular complexity index is 468. The van der Waals surface area contributed by atoms with Crippen LogP contribution in [0, 0.1) is 0 Å². The number of benzene rings is 1. The van der Waals surface area contributed by atoms with E-state index >= 15 is 0 Å². The van der Waals surface area contributed by atoms with Crippen LogP contribution in [-0.4, -0.2) is 42.3 Å². The van der Waals surface area contributed by atoms with Crippen molar-refractivity contribution in [3.8, 4) is 5.75 Å². The summed E-state index contributed by atoms with van der Waals surface area (Å²) in [4.78, 5) is 13.5. The molecule has 7 heteroatoms. The van der Waals surface area contributed by atoms with Crippen molar-refractivity contribution in [1.29, 1.82) is 0 Å². The van der Waals surface area contributed by atoms with Crippen LogP contribution in [0.4, 0.5) is 13.6 Å². The Morgan fingerprint density at radius 1 is 1.36 bits per heavy atom. The third-order valence-electron chi connectivity index (χ3n) is 3.46. The topological polar surface area (TPSA) is 61.8 Å². The van der Waals surface area contributed by atoms with Crippen LogP contribution >= 0.6 is 0 Å². The number of nitrogens with one attached hydrogen (secondary N) is 1. The number of urea groups is 1. The first kappa shape index (κ1) is 18.2. The Hall–Kier alpha value is -1.89. The molecule has 2 atom stereocenters. The molecule has 0 saturated heterocycles. The molecule has 0 radical (unpaired) electrons. The number of amides is 2. The maximum atomic E-state index is 12.1. The minimum absolute atomic E-state index is 0.0750. The van der Waals surface area contributed by atoms with Crippen LogP contribution in [-0.2, 0) is 0 Å². The van der Waals surface area contributed by atoms with Gasteiger partial charge in [0.2, 0.25) is 0 Å². The SMILES string of the molecule is CCC(NC(=O)N(C)C(C)CO)c1ccc(OC(F)F)cc1. The summed E-state index contributed by atoms with van der Waals surface area (Å²) in [6.07, 6.45) is 0.641. The second-order valence-corrected chi connectivity index (χ2v) is 5.00. The molecule has 1 rings (SSSR count). The first-order valence-corrected chi connectivity index (χ1v) is 7.08. The van der Waals surface area contributed by atoms with Crippen molar-refractivity contribution in [2.24, 2.45) is 0 Å². The fourth-order valence-electron chi connectivity index (χ4n) is 1.88. The monoisotopic (exact) mass is 316 g/mol. The number of likely N-dealkylation sites (N-methyl/N-ethyl adjacent to an activating group) is 1. The zero-order chi connectivity index (χ0) is 16.7. The number of hydrogen-bond acceptors (Lipinski definition) is 3. The third kappa shape index (κ3) is 5.14. The largest absolute Gasteiger partial charge is 0.435 e. The van der Waals surface area contributed by atoms with Gasteiger partial charge >= 0.3 is 12.6 Å². The average Bonchev–Trinajstić information content (AvgIpc) is 2.51. The number of rotatable bonds is 7. The van der Waals surface area contributed by atoms with E-state index in [0.29, 0.717) is 6.42 Å². The smallest absolute Gasteiger partial charge is 0.387 e. The van der Waals surface area contributed by atoms with E-state index in [1.54, 1.807) is 26.1 Å². The van der Waals surface area contributed by atoms with Crippen LogP contribution in [0.3, 0.4) is 0 Å². The Morgan fingerprint density at radius 3 is 2.41 bits per heavy atom. The van der Waals surface area contributed by atoms with Crippen LogP contribution in [0.2, 0.25) is 0 Å². The van der Waals surface area contributed by atoms with E-state index in [0.717, 1.165) is 5.56 Å². The van der Waals surface area contributed by atoms with Crippen molar-refractivity contribution in [2.45, 2.75) is 39.0 Å². The van der Waals surface area contributed by atoms with Crippen molar-refractivity contribution in [2.75, 3.05) is 13.7 Å². The van der Waals surface area contributed by atoms with E-state index in [9.17, 15) is 13.6 Å². The van der Waals surface area contributed by atoms with Crippen molar-refractivity contribution >= 4 is 6.03 Å². The molecule has 0 aliphatic carbocycles. The molecule has 5 nitrogen and oxygen atoms in total. The van der Waals surface area contributed by atoms with Gasteiger partial charge in [0, 0.05) is 7.05 Å². The molecular weight excluding hydrogens is 294 g/mol. The van der Waals surface area contributed by atoms with Gasteiger partial charge < -0.3 is 20.1 Å². The zero-order valence-corrected chi connectivity index (χ0v) is 12.9. The summed E-state index contributed by atoms with van der Waals surface area (Å²) >= 11 is 0. The lowest BCUT2D eigenvalue weighted by Crippen LogP contribution is -2.45. The molecule has 0 aromatic heterocycles. The molecule has 2 N–H and O–H groups in total. The summed E-state index contributed by atoms with van der Waals surface area (Å²) in [5, 5.41) is 11.9. The van der Waals surface area contributed by atoms with Gasteiger partial charge in [-0.15, -0.1) is 0 Å². The Kier molecular flexibility index (Phi) is 7.04. The number of carbonyl (C=O) groups excluding carboxylic acids is 1. The number of hydrogen-bond donors (Lipinski definition) is 2. The highest BCUT2D eigenvalue weighted by atomic mass is 19.3. The quantitative estimate of drug-likeness (QED) is 0.813. The molecule has 0 saturated carbocycles. The number of alkyl halides is 2. The highest BCUT2D eigenvalue weighted by Gasteiger charge is 2.19. The standard InChI is InChI=1S/C15H22F2N2O3/c1-4-13(18-15(21)19(3)10(2)9-20)11-5-7-12(8-6-11)22-14(16)17/h5-8,10,13-14,20H,4,9H2,1-3H3,(H,18,21). The second-order valence-electron chi connectivity index (χ2n) is 5.00. The van der Waals surface area contributed by atoms with Crippen LogP contribution in [0.5, 0.6) is 5.75 Å². The van der Waals surface area contributed by atoms with Crippen LogP contribution in [0.25, 0.3) is 0 Å². The lowest BCUT2D eigenvalue weighted by molar-refractivity contribution is -0.0498. The average molecular weight is 316 g/mol. The van der Waals surface area contributed by atoms with Crippen molar-refractivity contribution in [1.82, 2.24) is 10.2 Å². The number of nitrogens with zero attached hydrogens (tertiary/aromatic N) is 1. The molecule has 2 unspecified atom stereocenters. The van der Waals surface area contributed by atoms with Gasteiger partial charge in [-0.05, 0) is 31.0 Å². The van der Waals surface area contributed by atoms with Gasteiger partial charge in [0.25, 0.3) is 0 Å². The van der Waals surface area contributed by atoms with Crippen molar-refractivity contribution < 1.29 is 23.4 Å². The zero-order valence-electron chi connectivity index (χ0n) is 12.9. The van der Waals surface area contributed by atoms with Crippen molar-refractivity contribution in [3.05, 3.63) is 29.8 Å². The van der Waals surface area contributed by atoms with Crippen molar-refractivity contribution in [3.63, 3.8) is 0 Å².